The smallest absolute Gasteiger partial charge is 0.338 e. The Balaban J connectivity index is 1.60. The Morgan fingerprint density at radius 1 is 1.07 bits per heavy atom. The molecule has 236 valence electrons. The predicted octanol–water partition coefficient (Wildman–Crippen LogP) is 3.60. The predicted molar refractivity (Wildman–Crippen MR) is 177 cm³/mol. The first kappa shape index (κ1) is 30.9. The number of methoxy groups -OCH3 is 1. The Kier molecular flexibility index (Phi) is 8.82. The van der Waals surface area contributed by atoms with Crippen LogP contribution in [-0.2, 0) is 9.53 Å². The summed E-state index contributed by atoms with van der Waals surface area (Å²) in [5.41, 5.74) is 2.99. The fraction of sp³-hybridized carbons (Fsp3) is 0.265. The highest BCUT2D eigenvalue weighted by Gasteiger charge is 2.35. The number of nitro benzene ring substituents is 1. The summed E-state index contributed by atoms with van der Waals surface area (Å²) in [6, 6.07) is 20.4. The average Bonchev–Trinajstić information content (AvgIpc) is 3.38. The average molecular weight is 640 g/mol. The van der Waals surface area contributed by atoms with Crippen molar-refractivity contribution in [2.45, 2.75) is 13.0 Å². The maximum absolute atomic E-state index is 14.4. The third-order valence-electron chi connectivity index (χ3n) is 8.16. The van der Waals surface area contributed by atoms with Gasteiger partial charge in [0.25, 0.3) is 11.2 Å². The summed E-state index contributed by atoms with van der Waals surface area (Å²) in [4.78, 5) is 49.1. The third kappa shape index (κ3) is 5.96. The molecule has 2 aliphatic heterocycles. The van der Waals surface area contributed by atoms with E-state index in [9.17, 15) is 19.7 Å². The molecule has 1 aromatic heterocycles. The van der Waals surface area contributed by atoms with Crippen molar-refractivity contribution in [1.82, 2.24) is 9.47 Å². The van der Waals surface area contributed by atoms with Gasteiger partial charge in [0.15, 0.2) is 4.80 Å². The molecule has 0 spiro atoms. The zero-order valence-corrected chi connectivity index (χ0v) is 26.5. The molecule has 1 saturated heterocycles. The standard InChI is InChI=1S/C34H33N5O6S/c1-4-45-33(41)29-30(22-8-6-5-7-9-22)35-34-38(31(29)23-10-13-26(44-3)14-11-23)32(40)28(46-34)21-24-20-25(39(42)43)12-15-27(24)37-18-16-36(2)17-19-37/h5-15,20-21,31H,4,16-19H2,1-3H3/b28-21+. The van der Waals surface area contributed by atoms with Gasteiger partial charge in [-0.05, 0) is 43.8 Å². The minimum absolute atomic E-state index is 0.0658. The SMILES string of the molecule is CCOC(=O)C1=C(c2ccccc2)N=c2s/c(=C/c3cc([N+](=O)[O-])ccc3N3CCN(C)CC3)c(=O)n2C1c1ccc(OC)cc1. The number of rotatable bonds is 8. The van der Waals surface area contributed by atoms with Crippen molar-refractivity contribution < 1.29 is 19.2 Å². The number of piperazine rings is 1. The molecule has 0 radical (unpaired) electrons. The van der Waals surface area contributed by atoms with Crippen molar-refractivity contribution in [3.63, 3.8) is 0 Å². The Labute approximate surface area is 269 Å². The second-order valence-electron chi connectivity index (χ2n) is 11.0. The first-order valence-electron chi connectivity index (χ1n) is 14.9. The molecule has 2 aliphatic rings. The van der Waals surface area contributed by atoms with Gasteiger partial charge in [-0.2, -0.15) is 0 Å². The van der Waals surface area contributed by atoms with Gasteiger partial charge in [-0.25, -0.2) is 9.79 Å². The van der Waals surface area contributed by atoms with E-state index in [2.05, 4.69) is 16.8 Å². The van der Waals surface area contributed by atoms with Crippen molar-refractivity contribution in [1.29, 1.82) is 0 Å². The first-order chi connectivity index (χ1) is 22.3. The fourth-order valence-corrected chi connectivity index (χ4v) is 6.78. The topological polar surface area (TPSA) is 120 Å². The van der Waals surface area contributed by atoms with E-state index in [1.54, 1.807) is 38.3 Å². The highest BCUT2D eigenvalue weighted by Crippen LogP contribution is 2.36. The van der Waals surface area contributed by atoms with Gasteiger partial charge in [0, 0.05) is 55.1 Å². The number of esters is 1. The summed E-state index contributed by atoms with van der Waals surface area (Å²) in [6.07, 6.45) is 1.70. The van der Waals surface area contributed by atoms with E-state index >= 15 is 0 Å². The molecule has 3 heterocycles. The number of nitrogens with zero attached hydrogens (tertiary/aromatic N) is 5. The number of fused-ring (bicyclic) bond motifs is 1. The van der Waals surface area contributed by atoms with E-state index in [0.717, 1.165) is 31.9 Å². The summed E-state index contributed by atoms with van der Waals surface area (Å²) in [5, 5.41) is 11.8. The fourth-order valence-electron chi connectivity index (χ4n) is 5.79. The summed E-state index contributed by atoms with van der Waals surface area (Å²) in [7, 11) is 3.63. The van der Waals surface area contributed by atoms with Crippen molar-refractivity contribution in [3.8, 4) is 5.75 Å². The molecule has 0 saturated carbocycles. The van der Waals surface area contributed by atoms with Gasteiger partial charge in [-0.15, -0.1) is 0 Å². The number of hydrogen-bond acceptors (Lipinski definition) is 10. The van der Waals surface area contributed by atoms with E-state index < -0.39 is 16.9 Å². The van der Waals surface area contributed by atoms with Crippen LogP contribution in [0.1, 0.15) is 29.7 Å². The zero-order chi connectivity index (χ0) is 32.4. The number of likely N-dealkylation sites (N-methyl/N-ethyl adjacent to an activating group) is 1. The second kappa shape index (κ2) is 13.1. The van der Waals surface area contributed by atoms with Crippen LogP contribution in [0, 0.1) is 10.1 Å². The lowest BCUT2D eigenvalue weighted by molar-refractivity contribution is -0.384. The Morgan fingerprint density at radius 2 is 1.78 bits per heavy atom. The van der Waals surface area contributed by atoms with Crippen LogP contribution in [0.3, 0.4) is 0 Å². The molecule has 0 bridgehead atoms. The Hall–Kier alpha value is -5.07. The maximum Gasteiger partial charge on any atom is 0.338 e. The van der Waals surface area contributed by atoms with Crippen LogP contribution in [0.15, 0.2) is 88.2 Å². The first-order valence-corrected chi connectivity index (χ1v) is 15.7. The molecule has 12 heteroatoms. The van der Waals surface area contributed by atoms with Crippen LogP contribution < -0.4 is 24.5 Å². The summed E-state index contributed by atoms with van der Waals surface area (Å²) >= 11 is 1.18. The molecule has 1 fully saturated rings. The molecular formula is C34H33N5O6S. The monoisotopic (exact) mass is 639 g/mol. The van der Waals surface area contributed by atoms with Gasteiger partial charge in [0.2, 0.25) is 0 Å². The number of thiazole rings is 1. The zero-order valence-electron chi connectivity index (χ0n) is 25.7. The van der Waals surface area contributed by atoms with Crippen LogP contribution in [0.2, 0.25) is 0 Å². The highest BCUT2D eigenvalue weighted by molar-refractivity contribution is 7.07. The molecule has 0 N–H and O–H groups in total. The number of nitro groups is 1. The molecule has 1 atom stereocenters. The normalized spacial score (nSPS) is 17.0. The number of aromatic nitrogens is 1. The molecule has 11 nitrogen and oxygen atoms in total. The van der Waals surface area contributed by atoms with Crippen LogP contribution in [0.25, 0.3) is 11.8 Å². The highest BCUT2D eigenvalue weighted by atomic mass is 32.1. The van der Waals surface area contributed by atoms with Crippen molar-refractivity contribution in [3.05, 3.63) is 125 Å². The van der Waals surface area contributed by atoms with Crippen molar-refractivity contribution in [2.24, 2.45) is 4.99 Å². The lowest BCUT2D eigenvalue weighted by atomic mass is 9.93. The largest absolute Gasteiger partial charge is 0.497 e. The number of carbonyl (C=O) groups excluding carboxylic acids is 1. The van der Waals surface area contributed by atoms with E-state index in [1.165, 1.54) is 28.0 Å². The van der Waals surface area contributed by atoms with Gasteiger partial charge < -0.3 is 19.3 Å². The lowest BCUT2D eigenvalue weighted by Gasteiger charge is -2.34. The molecular weight excluding hydrogens is 606 g/mol. The van der Waals surface area contributed by atoms with Crippen molar-refractivity contribution in [2.75, 3.05) is 51.8 Å². The van der Waals surface area contributed by atoms with Gasteiger partial charge in [0.1, 0.15) is 5.75 Å². The lowest BCUT2D eigenvalue weighted by Crippen LogP contribution is -2.44. The van der Waals surface area contributed by atoms with Crippen LogP contribution in [0.5, 0.6) is 5.75 Å². The molecule has 4 aromatic rings. The summed E-state index contributed by atoms with van der Waals surface area (Å²) < 4.78 is 12.8. The number of non-ortho nitro benzene ring substituents is 1. The van der Waals surface area contributed by atoms with E-state index in [0.29, 0.717) is 37.5 Å². The van der Waals surface area contributed by atoms with E-state index in [-0.39, 0.29) is 23.4 Å². The summed E-state index contributed by atoms with van der Waals surface area (Å²) in [5.74, 6) is 0.0550. The minimum Gasteiger partial charge on any atom is -0.497 e. The maximum atomic E-state index is 14.4. The molecule has 6 rings (SSSR count). The van der Waals surface area contributed by atoms with Crippen molar-refractivity contribution >= 4 is 40.5 Å². The van der Waals surface area contributed by atoms with Gasteiger partial charge >= 0.3 is 5.97 Å². The quantitative estimate of drug-likeness (QED) is 0.163. The molecule has 1 unspecified atom stereocenters. The number of ether oxygens (including phenoxy) is 2. The van der Waals surface area contributed by atoms with E-state index in [4.69, 9.17) is 14.5 Å². The van der Waals surface area contributed by atoms with Crippen LogP contribution in [0.4, 0.5) is 11.4 Å². The van der Waals surface area contributed by atoms with Gasteiger partial charge in [-0.1, -0.05) is 53.8 Å². The number of hydrogen-bond donors (Lipinski definition) is 0. The van der Waals surface area contributed by atoms with Gasteiger partial charge in [0.05, 0.1) is 40.5 Å². The molecule has 3 aromatic carbocycles. The van der Waals surface area contributed by atoms with Crippen LogP contribution >= 0.6 is 11.3 Å². The minimum atomic E-state index is -0.847. The summed E-state index contributed by atoms with van der Waals surface area (Å²) in [6.45, 7) is 5.06. The Morgan fingerprint density at radius 3 is 2.43 bits per heavy atom. The molecule has 0 amide bonds. The second-order valence-corrected chi connectivity index (χ2v) is 12.0. The van der Waals surface area contributed by atoms with Crippen LogP contribution in [-0.4, -0.2) is 67.3 Å². The van der Waals surface area contributed by atoms with Gasteiger partial charge in [-0.3, -0.25) is 19.5 Å². The molecule has 0 aliphatic carbocycles. The number of anilines is 1. The van der Waals surface area contributed by atoms with E-state index in [1.807, 2.05) is 42.5 Å². The number of carbonyl (C=O) groups is 1. The molecule has 46 heavy (non-hydrogen) atoms. The number of benzene rings is 3. The Bertz CT molecular complexity index is 1990. The third-order valence-corrected chi connectivity index (χ3v) is 9.14.